The van der Waals surface area contributed by atoms with Gasteiger partial charge in [0.1, 0.15) is 11.7 Å². The predicted molar refractivity (Wildman–Crippen MR) is 59.5 cm³/mol. The average molecular weight is 272 g/mol. The number of carbonyl (C=O) groups is 1. The Morgan fingerprint density at radius 2 is 2.16 bits per heavy atom. The molecule has 104 valence electrons. The Labute approximate surface area is 105 Å². The van der Waals surface area contributed by atoms with Gasteiger partial charge in [-0.05, 0) is 6.92 Å². The van der Waals surface area contributed by atoms with Gasteiger partial charge in [-0.25, -0.2) is 9.59 Å². The zero-order valence-electron chi connectivity index (χ0n) is 9.81. The Hall–Kier alpha value is -1.97. The molecule has 0 amide bonds. The second-order valence-electron chi connectivity index (χ2n) is 4.44. The van der Waals surface area contributed by atoms with E-state index in [4.69, 9.17) is 9.84 Å². The Morgan fingerprint density at radius 3 is 2.63 bits per heavy atom. The van der Waals surface area contributed by atoms with E-state index >= 15 is 0 Å². The monoisotopic (exact) mass is 272 g/mol. The molecule has 1 aromatic rings. The Morgan fingerprint density at radius 1 is 1.53 bits per heavy atom. The number of aliphatic hydroxyl groups excluding tert-OH is 1. The van der Waals surface area contributed by atoms with Gasteiger partial charge < -0.3 is 20.1 Å². The summed E-state index contributed by atoms with van der Waals surface area (Å²) in [6.07, 6.45) is -3.75. The van der Waals surface area contributed by atoms with E-state index < -0.39 is 41.3 Å². The van der Waals surface area contributed by atoms with E-state index in [2.05, 4.69) is 0 Å². The molecule has 1 aliphatic heterocycles. The highest BCUT2D eigenvalue weighted by Gasteiger charge is 2.56. The maximum absolute atomic E-state index is 11.6. The SMILES string of the molecule is C[C@@]1(O)[C@@H](O)[C@@H](C(=O)O)O[C@H]1n1ccc(=O)[nH]c1=O. The summed E-state index contributed by atoms with van der Waals surface area (Å²) < 4.78 is 5.81. The van der Waals surface area contributed by atoms with E-state index in [1.807, 2.05) is 4.98 Å². The molecule has 0 aliphatic carbocycles. The van der Waals surface area contributed by atoms with Gasteiger partial charge in [0.15, 0.2) is 12.3 Å². The number of hydrogen-bond acceptors (Lipinski definition) is 6. The minimum Gasteiger partial charge on any atom is -0.479 e. The Bertz CT molecular complexity index is 617. The van der Waals surface area contributed by atoms with Crippen LogP contribution in [0.5, 0.6) is 0 Å². The van der Waals surface area contributed by atoms with Crippen LogP contribution in [0.1, 0.15) is 13.2 Å². The van der Waals surface area contributed by atoms with Crippen LogP contribution in [-0.2, 0) is 9.53 Å². The van der Waals surface area contributed by atoms with E-state index in [0.717, 1.165) is 23.8 Å². The molecular formula is C10H12N2O7. The number of hydrogen-bond donors (Lipinski definition) is 4. The highest BCUT2D eigenvalue weighted by molar-refractivity contribution is 5.73. The van der Waals surface area contributed by atoms with Gasteiger partial charge in [-0.1, -0.05) is 0 Å². The fraction of sp³-hybridized carbons (Fsp3) is 0.500. The van der Waals surface area contributed by atoms with Crippen molar-refractivity contribution in [3.05, 3.63) is 33.1 Å². The van der Waals surface area contributed by atoms with E-state index in [1.165, 1.54) is 0 Å². The molecule has 0 bridgehead atoms. The highest BCUT2D eigenvalue weighted by Crippen LogP contribution is 2.37. The summed E-state index contributed by atoms with van der Waals surface area (Å²) in [5.41, 5.74) is -3.52. The lowest BCUT2D eigenvalue weighted by Gasteiger charge is -2.27. The zero-order valence-corrected chi connectivity index (χ0v) is 9.81. The summed E-state index contributed by atoms with van der Waals surface area (Å²) in [5.74, 6) is -1.47. The quantitative estimate of drug-likeness (QED) is 0.471. The smallest absolute Gasteiger partial charge is 0.335 e. The number of aromatic nitrogens is 2. The van der Waals surface area contributed by atoms with Crippen molar-refractivity contribution in [2.24, 2.45) is 0 Å². The van der Waals surface area contributed by atoms with Crippen LogP contribution in [-0.4, -0.2) is 48.6 Å². The number of carboxylic acid groups (broad SMARTS) is 1. The molecule has 0 unspecified atom stereocenters. The average Bonchev–Trinajstić information content (AvgIpc) is 2.52. The van der Waals surface area contributed by atoms with Gasteiger partial charge in [0.05, 0.1) is 0 Å². The van der Waals surface area contributed by atoms with Crippen molar-refractivity contribution >= 4 is 5.97 Å². The van der Waals surface area contributed by atoms with Crippen molar-refractivity contribution in [3.63, 3.8) is 0 Å². The van der Waals surface area contributed by atoms with Gasteiger partial charge in [0.25, 0.3) is 5.56 Å². The van der Waals surface area contributed by atoms with Crippen molar-refractivity contribution in [1.82, 2.24) is 9.55 Å². The van der Waals surface area contributed by atoms with Crippen LogP contribution in [0.3, 0.4) is 0 Å². The molecule has 4 N–H and O–H groups in total. The summed E-state index contributed by atoms with van der Waals surface area (Å²) >= 11 is 0. The maximum Gasteiger partial charge on any atom is 0.335 e. The van der Waals surface area contributed by atoms with E-state index in [-0.39, 0.29) is 0 Å². The molecule has 0 radical (unpaired) electrons. The highest BCUT2D eigenvalue weighted by atomic mass is 16.6. The maximum atomic E-state index is 11.6. The molecule has 1 saturated heterocycles. The number of nitrogens with zero attached hydrogens (tertiary/aromatic N) is 1. The fourth-order valence-corrected chi connectivity index (χ4v) is 1.96. The van der Waals surface area contributed by atoms with Crippen LogP contribution >= 0.6 is 0 Å². The van der Waals surface area contributed by atoms with Crippen LogP contribution in [0.4, 0.5) is 0 Å². The molecule has 2 rings (SSSR count). The number of aliphatic carboxylic acids is 1. The van der Waals surface area contributed by atoms with Crippen molar-refractivity contribution in [3.8, 4) is 0 Å². The molecule has 0 spiro atoms. The molecule has 1 fully saturated rings. The lowest BCUT2D eigenvalue weighted by atomic mass is 9.96. The molecule has 4 atom stereocenters. The van der Waals surface area contributed by atoms with Crippen LogP contribution in [0, 0.1) is 0 Å². The molecule has 0 aromatic carbocycles. The van der Waals surface area contributed by atoms with Crippen molar-refractivity contribution < 1.29 is 24.9 Å². The number of aliphatic hydroxyl groups is 2. The second kappa shape index (κ2) is 4.30. The first kappa shape index (κ1) is 13.5. The largest absolute Gasteiger partial charge is 0.479 e. The number of ether oxygens (including phenoxy) is 1. The molecular weight excluding hydrogens is 260 g/mol. The third-order valence-corrected chi connectivity index (χ3v) is 3.01. The third-order valence-electron chi connectivity index (χ3n) is 3.01. The molecule has 9 heteroatoms. The third kappa shape index (κ3) is 2.07. The molecule has 0 saturated carbocycles. The summed E-state index contributed by atoms with van der Waals surface area (Å²) in [7, 11) is 0. The fourth-order valence-electron chi connectivity index (χ4n) is 1.96. The Balaban J connectivity index is 2.48. The predicted octanol–water partition coefficient (Wildman–Crippen LogP) is -2.37. The van der Waals surface area contributed by atoms with E-state index in [0.29, 0.717) is 0 Å². The first-order valence-electron chi connectivity index (χ1n) is 5.35. The van der Waals surface area contributed by atoms with Gasteiger partial charge in [-0.3, -0.25) is 14.3 Å². The zero-order chi connectivity index (χ0) is 14.4. The van der Waals surface area contributed by atoms with Crippen LogP contribution < -0.4 is 11.2 Å². The summed E-state index contributed by atoms with van der Waals surface area (Å²) in [6, 6.07) is 1.02. The lowest BCUT2D eigenvalue weighted by Crippen LogP contribution is -2.47. The molecule has 9 nitrogen and oxygen atoms in total. The van der Waals surface area contributed by atoms with Crippen LogP contribution in [0.15, 0.2) is 21.9 Å². The molecule has 2 heterocycles. The van der Waals surface area contributed by atoms with Gasteiger partial charge in [-0.15, -0.1) is 0 Å². The molecule has 1 aliphatic rings. The van der Waals surface area contributed by atoms with Crippen molar-refractivity contribution in [2.45, 2.75) is 31.0 Å². The second-order valence-corrected chi connectivity index (χ2v) is 4.44. The summed E-state index contributed by atoms with van der Waals surface area (Å²) in [4.78, 5) is 35.3. The topological polar surface area (TPSA) is 142 Å². The number of rotatable bonds is 2. The van der Waals surface area contributed by atoms with E-state index in [9.17, 15) is 24.6 Å². The standard InChI is InChI=1S/C10H12N2O7/c1-10(18)6(14)5(7(15)16)19-8(10)12-3-2-4(13)11-9(12)17/h2-3,5-6,8,14,18H,1H3,(H,15,16)(H,11,13,17)/t5-,6-,8+,10+/m0/s1. The number of H-pyrrole nitrogens is 1. The number of nitrogens with one attached hydrogen (secondary N) is 1. The van der Waals surface area contributed by atoms with Crippen molar-refractivity contribution in [2.75, 3.05) is 0 Å². The summed E-state index contributed by atoms with van der Waals surface area (Å²) in [6.45, 7) is 1.14. The minimum absolute atomic E-state index is 0.644. The first-order valence-corrected chi connectivity index (χ1v) is 5.35. The first-order chi connectivity index (χ1) is 8.75. The normalized spacial score (nSPS) is 34.4. The van der Waals surface area contributed by atoms with Crippen molar-refractivity contribution in [1.29, 1.82) is 0 Å². The number of aromatic amines is 1. The minimum atomic E-state index is -1.99. The van der Waals surface area contributed by atoms with Crippen LogP contribution in [0.2, 0.25) is 0 Å². The van der Waals surface area contributed by atoms with Gasteiger partial charge >= 0.3 is 11.7 Å². The molecule has 1 aromatic heterocycles. The number of carboxylic acids is 1. The van der Waals surface area contributed by atoms with Gasteiger partial charge in [0.2, 0.25) is 0 Å². The summed E-state index contributed by atoms with van der Waals surface area (Å²) in [5, 5.41) is 28.7. The van der Waals surface area contributed by atoms with Gasteiger partial charge in [0, 0.05) is 12.3 Å². The van der Waals surface area contributed by atoms with Gasteiger partial charge in [-0.2, -0.15) is 0 Å². The van der Waals surface area contributed by atoms with E-state index in [1.54, 1.807) is 0 Å². The Kier molecular flexibility index (Phi) is 3.04. The van der Waals surface area contributed by atoms with Crippen LogP contribution in [0.25, 0.3) is 0 Å². The molecule has 19 heavy (non-hydrogen) atoms. The lowest BCUT2D eigenvalue weighted by molar-refractivity contribution is -0.155.